The van der Waals surface area contributed by atoms with E-state index in [2.05, 4.69) is 16.4 Å². The standard InChI is InChI=1S/C18H20N4OS/c1-21-18-15(3-2-7-19-18)17(20-21)14-4-8-22(9-5-14)16(23)11-13-6-10-24-12-13/h2-3,6-7,10,12,14H,4-5,8-9,11H2,1H3. The minimum Gasteiger partial charge on any atom is -0.342 e. The Morgan fingerprint density at radius 3 is 2.92 bits per heavy atom. The minimum absolute atomic E-state index is 0.236. The number of pyridine rings is 1. The van der Waals surface area contributed by atoms with E-state index in [1.165, 1.54) is 0 Å². The van der Waals surface area contributed by atoms with Crippen molar-refractivity contribution in [3.63, 3.8) is 0 Å². The highest BCUT2D eigenvalue weighted by molar-refractivity contribution is 7.08. The summed E-state index contributed by atoms with van der Waals surface area (Å²) in [7, 11) is 1.94. The van der Waals surface area contributed by atoms with Gasteiger partial charge in [0.05, 0.1) is 12.1 Å². The van der Waals surface area contributed by atoms with Crippen LogP contribution in [0.2, 0.25) is 0 Å². The van der Waals surface area contributed by atoms with Crippen LogP contribution in [0.3, 0.4) is 0 Å². The Hall–Kier alpha value is -2.21. The minimum atomic E-state index is 0.236. The van der Waals surface area contributed by atoms with E-state index in [4.69, 9.17) is 5.10 Å². The highest BCUT2D eigenvalue weighted by Gasteiger charge is 2.27. The average molecular weight is 340 g/mol. The van der Waals surface area contributed by atoms with Crippen molar-refractivity contribution in [2.45, 2.75) is 25.2 Å². The van der Waals surface area contributed by atoms with Crippen LogP contribution < -0.4 is 0 Å². The quantitative estimate of drug-likeness (QED) is 0.736. The van der Waals surface area contributed by atoms with Crippen molar-refractivity contribution in [2.24, 2.45) is 7.05 Å². The van der Waals surface area contributed by atoms with Crippen LogP contribution in [-0.4, -0.2) is 38.7 Å². The SMILES string of the molecule is Cn1nc(C2CCN(C(=O)Cc3ccsc3)CC2)c2cccnc21. The Bertz CT molecular complexity index is 847. The first-order chi connectivity index (χ1) is 11.7. The number of carbonyl (C=O) groups is 1. The van der Waals surface area contributed by atoms with E-state index in [0.717, 1.165) is 48.2 Å². The molecule has 4 rings (SSSR count). The molecule has 0 spiro atoms. The van der Waals surface area contributed by atoms with E-state index < -0.39 is 0 Å². The van der Waals surface area contributed by atoms with Crippen LogP contribution in [0, 0.1) is 0 Å². The third kappa shape index (κ3) is 2.82. The summed E-state index contributed by atoms with van der Waals surface area (Å²) in [6.07, 6.45) is 4.26. The number of carbonyl (C=O) groups excluding carboxylic acids is 1. The Labute approximate surface area is 144 Å². The molecule has 0 aromatic carbocycles. The molecule has 0 saturated carbocycles. The number of nitrogens with zero attached hydrogens (tertiary/aromatic N) is 4. The topological polar surface area (TPSA) is 51.0 Å². The van der Waals surface area contributed by atoms with Gasteiger partial charge in [-0.2, -0.15) is 16.4 Å². The highest BCUT2D eigenvalue weighted by Crippen LogP contribution is 2.31. The van der Waals surface area contributed by atoms with Crippen molar-refractivity contribution in [3.8, 4) is 0 Å². The molecule has 5 nitrogen and oxygen atoms in total. The lowest BCUT2D eigenvalue weighted by Crippen LogP contribution is -2.38. The van der Waals surface area contributed by atoms with Gasteiger partial charge < -0.3 is 4.90 Å². The second-order valence-electron chi connectivity index (χ2n) is 6.35. The molecule has 1 fully saturated rings. The first-order valence-corrected chi connectivity index (χ1v) is 9.23. The Balaban J connectivity index is 1.45. The van der Waals surface area contributed by atoms with Gasteiger partial charge in [-0.25, -0.2) is 4.98 Å². The van der Waals surface area contributed by atoms with Crippen LogP contribution in [0.4, 0.5) is 0 Å². The third-order valence-electron chi connectivity index (χ3n) is 4.80. The van der Waals surface area contributed by atoms with E-state index in [1.807, 2.05) is 34.1 Å². The molecule has 3 aromatic rings. The first-order valence-electron chi connectivity index (χ1n) is 8.29. The van der Waals surface area contributed by atoms with Crippen molar-refractivity contribution < 1.29 is 4.79 Å². The van der Waals surface area contributed by atoms with Gasteiger partial charge in [0.1, 0.15) is 0 Å². The number of likely N-dealkylation sites (tertiary alicyclic amines) is 1. The molecule has 0 bridgehead atoms. The number of piperidine rings is 1. The number of rotatable bonds is 3. The van der Waals surface area contributed by atoms with Gasteiger partial charge in [-0.3, -0.25) is 9.48 Å². The van der Waals surface area contributed by atoms with Gasteiger partial charge in [-0.05, 0) is 47.4 Å². The zero-order valence-corrected chi connectivity index (χ0v) is 14.5. The molecule has 1 saturated heterocycles. The molecule has 4 heterocycles. The molecule has 0 aliphatic carbocycles. The maximum absolute atomic E-state index is 12.4. The molecule has 0 atom stereocenters. The second kappa shape index (κ2) is 6.36. The van der Waals surface area contributed by atoms with Crippen LogP contribution >= 0.6 is 11.3 Å². The monoisotopic (exact) mass is 340 g/mol. The van der Waals surface area contributed by atoms with Gasteiger partial charge in [0.15, 0.2) is 5.65 Å². The zero-order chi connectivity index (χ0) is 16.5. The van der Waals surface area contributed by atoms with Crippen molar-refractivity contribution in [2.75, 3.05) is 13.1 Å². The lowest BCUT2D eigenvalue weighted by molar-refractivity contribution is -0.131. The lowest BCUT2D eigenvalue weighted by atomic mass is 9.92. The highest BCUT2D eigenvalue weighted by atomic mass is 32.1. The van der Waals surface area contributed by atoms with E-state index in [-0.39, 0.29) is 5.91 Å². The summed E-state index contributed by atoms with van der Waals surface area (Å²) >= 11 is 1.64. The maximum Gasteiger partial charge on any atom is 0.227 e. The smallest absolute Gasteiger partial charge is 0.227 e. The number of aryl methyl sites for hydroxylation is 1. The summed E-state index contributed by atoms with van der Waals surface area (Å²) in [5.41, 5.74) is 3.18. The number of aromatic nitrogens is 3. The molecule has 0 N–H and O–H groups in total. The van der Waals surface area contributed by atoms with E-state index >= 15 is 0 Å². The molecule has 6 heteroatoms. The lowest BCUT2D eigenvalue weighted by Gasteiger charge is -2.31. The molecular weight excluding hydrogens is 320 g/mol. The van der Waals surface area contributed by atoms with Crippen LogP contribution in [-0.2, 0) is 18.3 Å². The number of fused-ring (bicyclic) bond motifs is 1. The molecule has 1 amide bonds. The van der Waals surface area contributed by atoms with Gasteiger partial charge in [-0.1, -0.05) is 0 Å². The van der Waals surface area contributed by atoms with Gasteiger partial charge in [0, 0.05) is 37.6 Å². The number of hydrogen-bond donors (Lipinski definition) is 0. The third-order valence-corrected chi connectivity index (χ3v) is 5.53. The molecular formula is C18H20N4OS. The largest absolute Gasteiger partial charge is 0.342 e. The Morgan fingerprint density at radius 2 is 2.17 bits per heavy atom. The second-order valence-corrected chi connectivity index (χ2v) is 7.13. The predicted molar refractivity (Wildman–Crippen MR) is 95.1 cm³/mol. The molecule has 1 aliphatic rings. The van der Waals surface area contributed by atoms with E-state index in [1.54, 1.807) is 17.5 Å². The van der Waals surface area contributed by atoms with Crippen LogP contribution in [0.5, 0.6) is 0 Å². The van der Waals surface area contributed by atoms with Crippen molar-refractivity contribution in [3.05, 3.63) is 46.4 Å². The van der Waals surface area contributed by atoms with Crippen LogP contribution in [0.1, 0.15) is 30.0 Å². The Kier molecular flexibility index (Phi) is 4.06. The summed E-state index contributed by atoms with van der Waals surface area (Å²) in [6, 6.07) is 6.09. The Morgan fingerprint density at radius 1 is 1.33 bits per heavy atom. The molecule has 3 aromatic heterocycles. The van der Waals surface area contributed by atoms with Crippen molar-refractivity contribution in [1.82, 2.24) is 19.7 Å². The molecule has 24 heavy (non-hydrogen) atoms. The molecule has 0 radical (unpaired) electrons. The fraction of sp³-hybridized carbons (Fsp3) is 0.389. The zero-order valence-electron chi connectivity index (χ0n) is 13.7. The predicted octanol–water partition coefficient (Wildman–Crippen LogP) is 2.98. The average Bonchev–Trinajstić information content (AvgIpc) is 3.24. The van der Waals surface area contributed by atoms with Crippen LogP contribution in [0.25, 0.3) is 11.0 Å². The van der Waals surface area contributed by atoms with Crippen molar-refractivity contribution in [1.29, 1.82) is 0 Å². The van der Waals surface area contributed by atoms with E-state index in [9.17, 15) is 4.79 Å². The maximum atomic E-state index is 12.4. The number of amides is 1. The normalized spacial score (nSPS) is 16.0. The van der Waals surface area contributed by atoms with Gasteiger partial charge >= 0.3 is 0 Å². The number of hydrogen-bond acceptors (Lipinski definition) is 4. The van der Waals surface area contributed by atoms with Gasteiger partial charge in [0.25, 0.3) is 0 Å². The molecule has 1 aliphatic heterocycles. The fourth-order valence-electron chi connectivity index (χ4n) is 3.50. The molecule has 0 unspecified atom stereocenters. The van der Waals surface area contributed by atoms with Crippen LogP contribution in [0.15, 0.2) is 35.2 Å². The van der Waals surface area contributed by atoms with Crippen molar-refractivity contribution >= 4 is 28.3 Å². The summed E-state index contributed by atoms with van der Waals surface area (Å²) in [6.45, 7) is 1.62. The fourth-order valence-corrected chi connectivity index (χ4v) is 4.17. The summed E-state index contributed by atoms with van der Waals surface area (Å²) in [4.78, 5) is 18.8. The van der Waals surface area contributed by atoms with E-state index in [0.29, 0.717) is 12.3 Å². The molecule has 124 valence electrons. The number of thiophene rings is 1. The summed E-state index contributed by atoms with van der Waals surface area (Å²) in [5, 5.41) is 9.91. The first kappa shape index (κ1) is 15.3. The van der Waals surface area contributed by atoms with Gasteiger partial charge in [-0.15, -0.1) is 0 Å². The van der Waals surface area contributed by atoms with Gasteiger partial charge in [0.2, 0.25) is 5.91 Å². The summed E-state index contributed by atoms with van der Waals surface area (Å²) in [5.74, 6) is 0.641. The summed E-state index contributed by atoms with van der Waals surface area (Å²) < 4.78 is 1.86.